The van der Waals surface area contributed by atoms with Crippen molar-refractivity contribution in [1.29, 1.82) is 0 Å². The first-order valence-electron chi connectivity index (χ1n) is 10.1. The quantitative estimate of drug-likeness (QED) is 0.815. The second-order valence-electron chi connectivity index (χ2n) is 9.43. The highest BCUT2D eigenvalue weighted by molar-refractivity contribution is 6.31. The van der Waals surface area contributed by atoms with Gasteiger partial charge < -0.3 is 15.2 Å². The Morgan fingerprint density at radius 3 is 2.63 bits per heavy atom. The Morgan fingerprint density at radius 2 is 1.96 bits per heavy atom. The van der Waals surface area contributed by atoms with Crippen molar-refractivity contribution in [1.82, 2.24) is 10.2 Å². The van der Waals surface area contributed by atoms with Crippen LogP contribution in [0.4, 0.5) is 0 Å². The molecule has 5 aliphatic heterocycles. The van der Waals surface area contributed by atoms with Crippen molar-refractivity contribution in [2.45, 2.75) is 75.8 Å². The minimum atomic E-state index is -0.308. The van der Waals surface area contributed by atoms with Crippen LogP contribution in [0.1, 0.15) is 55.5 Å². The molecule has 1 aromatic carbocycles. The smallest absolute Gasteiger partial charge is 0.255 e. The van der Waals surface area contributed by atoms with Crippen LogP contribution in [0.15, 0.2) is 12.1 Å². The van der Waals surface area contributed by atoms with Crippen molar-refractivity contribution < 1.29 is 14.6 Å². The lowest BCUT2D eigenvalue weighted by molar-refractivity contribution is -0.110. The molecule has 146 valence electrons. The standard InChI is InChI=1S/C21H27ClN2O3/c1-21(2)9-12-3-13(22)6-17(19(12)27-21)20(26)23-14-7-15-4-11-5-16(8-14)24(15)10-18(11)25/h3,6,11,14-16,18,25H,4-5,7-10H2,1-2H3,(H,23,26). The van der Waals surface area contributed by atoms with Gasteiger partial charge in [0.05, 0.1) is 11.7 Å². The minimum Gasteiger partial charge on any atom is -0.486 e. The second-order valence-corrected chi connectivity index (χ2v) is 9.86. The Labute approximate surface area is 165 Å². The number of piperidine rings is 4. The fourth-order valence-corrected chi connectivity index (χ4v) is 6.02. The maximum Gasteiger partial charge on any atom is 0.255 e. The van der Waals surface area contributed by atoms with Crippen molar-refractivity contribution >= 4 is 17.5 Å². The maximum atomic E-state index is 13.1. The number of aliphatic hydroxyl groups is 1. The zero-order valence-corrected chi connectivity index (χ0v) is 16.6. The molecule has 0 aromatic heterocycles. The normalized spacial score (nSPS) is 38.2. The van der Waals surface area contributed by atoms with E-state index in [1.165, 1.54) is 0 Å². The molecule has 4 bridgehead atoms. The molecule has 1 aromatic rings. The molecule has 3 atom stereocenters. The zero-order chi connectivity index (χ0) is 18.9. The summed E-state index contributed by atoms with van der Waals surface area (Å²) in [6.07, 6.45) is 4.61. The largest absolute Gasteiger partial charge is 0.486 e. The van der Waals surface area contributed by atoms with Crippen molar-refractivity contribution in [3.8, 4) is 5.75 Å². The van der Waals surface area contributed by atoms with Crippen LogP contribution in [-0.4, -0.2) is 52.3 Å². The van der Waals surface area contributed by atoms with Crippen molar-refractivity contribution in [3.05, 3.63) is 28.3 Å². The number of nitrogens with zero attached hydrogens (tertiary/aromatic N) is 1. The Kier molecular flexibility index (Phi) is 4.01. The van der Waals surface area contributed by atoms with Crippen LogP contribution in [0, 0.1) is 5.92 Å². The van der Waals surface area contributed by atoms with Crippen molar-refractivity contribution in [3.63, 3.8) is 0 Å². The summed E-state index contributed by atoms with van der Waals surface area (Å²) in [5.41, 5.74) is 1.25. The monoisotopic (exact) mass is 390 g/mol. The molecular formula is C21H27ClN2O3. The molecule has 0 aliphatic carbocycles. The molecule has 1 amide bonds. The highest BCUT2D eigenvalue weighted by Gasteiger charge is 2.48. The number of nitrogens with one attached hydrogen (secondary N) is 1. The van der Waals surface area contributed by atoms with E-state index in [1.807, 2.05) is 19.9 Å². The Hall–Kier alpha value is -1.30. The molecule has 5 nitrogen and oxygen atoms in total. The lowest BCUT2D eigenvalue weighted by Crippen LogP contribution is -2.65. The van der Waals surface area contributed by atoms with Gasteiger partial charge in [-0.3, -0.25) is 9.69 Å². The third-order valence-corrected chi connectivity index (χ3v) is 7.07. The molecule has 0 saturated carbocycles. The van der Waals surface area contributed by atoms with Gasteiger partial charge in [-0.2, -0.15) is 0 Å². The summed E-state index contributed by atoms with van der Waals surface area (Å²) in [7, 11) is 0. The van der Waals surface area contributed by atoms with Gasteiger partial charge in [-0.15, -0.1) is 0 Å². The van der Waals surface area contributed by atoms with Crippen LogP contribution < -0.4 is 10.1 Å². The van der Waals surface area contributed by atoms with E-state index < -0.39 is 0 Å². The predicted molar refractivity (Wildman–Crippen MR) is 103 cm³/mol. The molecule has 4 saturated heterocycles. The second kappa shape index (κ2) is 6.10. The molecular weight excluding hydrogens is 364 g/mol. The first kappa shape index (κ1) is 17.8. The van der Waals surface area contributed by atoms with E-state index in [2.05, 4.69) is 10.2 Å². The van der Waals surface area contributed by atoms with E-state index in [1.54, 1.807) is 6.07 Å². The molecule has 0 radical (unpaired) electrons. The number of aliphatic hydroxyl groups excluding tert-OH is 1. The third-order valence-electron chi connectivity index (χ3n) is 6.85. The number of carbonyl (C=O) groups is 1. The fourth-order valence-electron chi connectivity index (χ4n) is 5.78. The van der Waals surface area contributed by atoms with E-state index in [0.717, 1.165) is 44.2 Å². The molecule has 3 unspecified atom stereocenters. The topological polar surface area (TPSA) is 61.8 Å². The van der Waals surface area contributed by atoms with Gasteiger partial charge in [0.25, 0.3) is 5.91 Å². The summed E-state index contributed by atoms with van der Waals surface area (Å²) >= 11 is 6.28. The zero-order valence-electron chi connectivity index (χ0n) is 15.9. The predicted octanol–water partition coefficient (Wildman–Crippen LogP) is 2.77. The highest BCUT2D eigenvalue weighted by atomic mass is 35.5. The summed E-state index contributed by atoms with van der Waals surface area (Å²) in [5.74, 6) is 1.04. The summed E-state index contributed by atoms with van der Waals surface area (Å²) in [6.45, 7) is 4.86. The van der Waals surface area contributed by atoms with Gasteiger partial charge in [0, 0.05) is 41.7 Å². The van der Waals surface area contributed by atoms with E-state index in [0.29, 0.717) is 34.3 Å². The van der Waals surface area contributed by atoms with E-state index in [4.69, 9.17) is 16.3 Å². The van der Waals surface area contributed by atoms with Gasteiger partial charge in [-0.25, -0.2) is 0 Å². The molecule has 2 N–H and O–H groups in total. The lowest BCUT2D eigenvalue weighted by atomic mass is 9.70. The molecule has 5 heterocycles. The summed E-state index contributed by atoms with van der Waals surface area (Å²) in [6, 6.07) is 4.77. The van der Waals surface area contributed by atoms with Crippen LogP contribution in [-0.2, 0) is 6.42 Å². The van der Waals surface area contributed by atoms with Crippen LogP contribution in [0.5, 0.6) is 5.75 Å². The van der Waals surface area contributed by atoms with Gasteiger partial charge in [0.15, 0.2) is 0 Å². The summed E-state index contributed by atoms with van der Waals surface area (Å²) in [4.78, 5) is 15.5. The number of carbonyl (C=O) groups excluding carboxylic acids is 1. The molecule has 6 heteroatoms. The number of amides is 1. The molecule has 0 spiro atoms. The number of halogens is 1. The minimum absolute atomic E-state index is 0.0865. The van der Waals surface area contributed by atoms with Crippen molar-refractivity contribution in [2.75, 3.05) is 6.54 Å². The van der Waals surface area contributed by atoms with E-state index >= 15 is 0 Å². The van der Waals surface area contributed by atoms with Gasteiger partial charge in [0.1, 0.15) is 11.4 Å². The lowest BCUT2D eigenvalue weighted by Gasteiger charge is -2.57. The van der Waals surface area contributed by atoms with Gasteiger partial charge in [-0.1, -0.05) is 11.6 Å². The first-order valence-corrected chi connectivity index (χ1v) is 10.4. The Balaban J connectivity index is 1.33. The average molecular weight is 391 g/mol. The molecule has 27 heavy (non-hydrogen) atoms. The molecule has 6 rings (SSSR count). The van der Waals surface area contributed by atoms with Crippen LogP contribution >= 0.6 is 11.6 Å². The Morgan fingerprint density at radius 1 is 1.26 bits per heavy atom. The van der Waals surface area contributed by atoms with Crippen LogP contribution in [0.25, 0.3) is 0 Å². The third kappa shape index (κ3) is 3.04. The molecule has 5 aliphatic rings. The molecule has 4 fully saturated rings. The number of fused-ring (bicyclic) bond motifs is 2. The highest BCUT2D eigenvalue weighted by Crippen LogP contribution is 2.43. The number of hydrogen-bond donors (Lipinski definition) is 2. The summed E-state index contributed by atoms with van der Waals surface area (Å²) < 4.78 is 6.06. The maximum absolute atomic E-state index is 13.1. The SMILES string of the molecule is CC1(C)Cc2cc(Cl)cc(C(=O)NC3CC4CC5CC(C3)N4CC5O)c2O1. The fraction of sp³-hybridized carbons (Fsp3) is 0.667. The van der Waals surface area contributed by atoms with Gasteiger partial charge in [0.2, 0.25) is 0 Å². The van der Waals surface area contributed by atoms with E-state index in [9.17, 15) is 9.90 Å². The number of ether oxygens (including phenoxy) is 1. The average Bonchev–Trinajstić information content (AvgIpc) is 2.87. The van der Waals surface area contributed by atoms with Gasteiger partial charge in [-0.05, 0) is 57.6 Å². The number of benzene rings is 1. The summed E-state index contributed by atoms with van der Waals surface area (Å²) in [5, 5.41) is 14.0. The Bertz CT molecular complexity index is 780. The van der Waals surface area contributed by atoms with Crippen LogP contribution in [0.2, 0.25) is 5.02 Å². The number of rotatable bonds is 2. The van der Waals surface area contributed by atoms with Crippen molar-refractivity contribution in [2.24, 2.45) is 5.92 Å². The van der Waals surface area contributed by atoms with E-state index in [-0.39, 0.29) is 23.7 Å². The first-order chi connectivity index (χ1) is 12.8. The van der Waals surface area contributed by atoms with Gasteiger partial charge >= 0.3 is 0 Å². The number of hydrogen-bond acceptors (Lipinski definition) is 4. The van der Waals surface area contributed by atoms with Crippen LogP contribution in [0.3, 0.4) is 0 Å².